The molecule has 0 atom stereocenters. The van der Waals surface area contributed by atoms with Crippen LogP contribution in [0, 0.1) is 6.07 Å². The van der Waals surface area contributed by atoms with Crippen LogP contribution in [0.2, 0.25) is 0 Å². The van der Waals surface area contributed by atoms with Gasteiger partial charge in [0.15, 0.2) is 6.71 Å². The average Bonchev–Trinajstić information content (AvgIpc) is 3.03. The Morgan fingerprint density at radius 2 is 1.16 bits per heavy atom. The topological polar surface area (TPSA) is 16.1 Å². The molecule has 0 saturated heterocycles. The van der Waals surface area contributed by atoms with Crippen LogP contribution in [0.5, 0.6) is 0 Å². The molecule has 0 amide bonds. The minimum atomic E-state index is 0. The average molecular weight is 768 g/mol. The Balaban J connectivity index is 0.00000400. The Labute approximate surface area is 284 Å². The van der Waals surface area contributed by atoms with E-state index in [1.165, 1.54) is 55.7 Å². The molecule has 6 rings (SSSR count). The van der Waals surface area contributed by atoms with Crippen molar-refractivity contribution in [1.82, 2.24) is 4.98 Å². The summed E-state index contributed by atoms with van der Waals surface area (Å²) in [5, 5.41) is 0. The fourth-order valence-corrected chi connectivity index (χ4v) is 7.08. The maximum Gasteiger partial charge on any atom is 0.196 e. The molecular formula is C41H44BIrN2-. The van der Waals surface area contributed by atoms with Crippen LogP contribution in [0.3, 0.4) is 0 Å². The van der Waals surface area contributed by atoms with Gasteiger partial charge in [0.2, 0.25) is 0 Å². The molecule has 0 aliphatic carbocycles. The van der Waals surface area contributed by atoms with Crippen LogP contribution in [-0.4, -0.2) is 11.7 Å². The number of fused-ring (bicyclic) bond motifs is 2. The molecule has 1 aliphatic heterocycles. The quantitative estimate of drug-likeness (QED) is 0.119. The van der Waals surface area contributed by atoms with Gasteiger partial charge < -0.3 is 9.88 Å². The smallest absolute Gasteiger partial charge is 0.196 e. The number of para-hydroxylation sites is 2. The fraction of sp³-hybridized carbons (Fsp3) is 0.293. The first-order valence-electron chi connectivity index (χ1n) is 16.3. The van der Waals surface area contributed by atoms with Crippen molar-refractivity contribution in [3.8, 4) is 11.3 Å². The molecule has 45 heavy (non-hydrogen) atoms. The van der Waals surface area contributed by atoms with Crippen molar-refractivity contribution in [3.63, 3.8) is 0 Å². The Bertz CT molecular complexity index is 1740. The van der Waals surface area contributed by atoms with E-state index < -0.39 is 0 Å². The Kier molecular flexibility index (Phi) is 9.87. The molecule has 0 saturated carbocycles. The van der Waals surface area contributed by atoms with Gasteiger partial charge in [-0.15, -0.1) is 29.2 Å². The molecule has 231 valence electrons. The summed E-state index contributed by atoms with van der Waals surface area (Å²) >= 11 is 0. The van der Waals surface area contributed by atoms with E-state index in [1.54, 1.807) is 0 Å². The zero-order chi connectivity index (χ0) is 31.1. The van der Waals surface area contributed by atoms with Crippen LogP contribution in [0.15, 0.2) is 97.2 Å². The fourth-order valence-electron chi connectivity index (χ4n) is 7.08. The van der Waals surface area contributed by atoms with E-state index in [0.717, 1.165) is 11.3 Å². The van der Waals surface area contributed by atoms with E-state index in [9.17, 15) is 0 Å². The summed E-state index contributed by atoms with van der Waals surface area (Å²) in [6.45, 7) is 18.7. The van der Waals surface area contributed by atoms with Crippen LogP contribution in [0.25, 0.3) is 11.3 Å². The first kappa shape index (κ1) is 32.9. The Morgan fingerprint density at radius 1 is 0.600 bits per heavy atom. The molecule has 0 unspecified atom stereocenters. The van der Waals surface area contributed by atoms with Crippen LogP contribution >= 0.6 is 0 Å². The number of nitrogens with zero attached hydrogens (tertiary/aromatic N) is 2. The maximum absolute atomic E-state index is 4.73. The molecule has 0 N–H and O–H groups in total. The molecule has 1 radical (unpaired) electrons. The van der Waals surface area contributed by atoms with Gasteiger partial charge in [-0.1, -0.05) is 144 Å². The van der Waals surface area contributed by atoms with Gasteiger partial charge in [-0.2, -0.15) is 0 Å². The van der Waals surface area contributed by atoms with Gasteiger partial charge in [0.25, 0.3) is 0 Å². The van der Waals surface area contributed by atoms with E-state index in [-0.39, 0.29) is 26.8 Å². The van der Waals surface area contributed by atoms with Crippen LogP contribution in [0.1, 0.15) is 101 Å². The minimum Gasteiger partial charge on any atom is -0.328 e. The summed E-state index contributed by atoms with van der Waals surface area (Å²) in [6, 6.07) is 37.3. The number of pyridine rings is 1. The summed E-state index contributed by atoms with van der Waals surface area (Å²) in [7, 11) is 0. The van der Waals surface area contributed by atoms with Crippen molar-refractivity contribution in [2.24, 2.45) is 0 Å². The predicted molar refractivity (Wildman–Crippen MR) is 191 cm³/mol. The maximum atomic E-state index is 4.73. The van der Waals surface area contributed by atoms with Crippen molar-refractivity contribution in [3.05, 3.63) is 126 Å². The number of rotatable bonds is 7. The van der Waals surface area contributed by atoms with Crippen LogP contribution in [0.4, 0.5) is 17.1 Å². The predicted octanol–water partition coefficient (Wildman–Crippen LogP) is 9.34. The summed E-state index contributed by atoms with van der Waals surface area (Å²) < 4.78 is 0. The van der Waals surface area contributed by atoms with Crippen LogP contribution < -0.4 is 21.3 Å². The summed E-state index contributed by atoms with van der Waals surface area (Å²) in [6.07, 6.45) is 1.87. The van der Waals surface area contributed by atoms with Gasteiger partial charge in [0, 0.05) is 32.0 Å². The molecule has 5 aromatic rings. The SMILES string of the molecule is CC(C)c1cccc(C(C)C)c1B1c2ccccc2N(c2c(C(C)C)cccc2C(C)C)c2cc(-c3ccccn3)[c-]cc21.[Ir]. The second-order valence-corrected chi connectivity index (χ2v) is 13.5. The van der Waals surface area contributed by atoms with Gasteiger partial charge in [-0.25, -0.2) is 0 Å². The first-order chi connectivity index (χ1) is 21.2. The minimum absolute atomic E-state index is 0. The standard InChI is InChI=1S/C41H44BN2.Ir/c1-26(2)31-15-13-16-32(27(3)4)40(31)42-35-19-9-10-21-38(35)44(41-33(28(5)6)17-14-18-34(41)29(7)8)39-25-30(22-23-36(39)42)37-20-11-12-24-43-37;/h9-21,23-29H,1-8H3;/q-1;. The zero-order valence-corrected chi connectivity index (χ0v) is 30.2. The number of benzene rings is 4. The molecule has 4 aromatic carbocycles. The van der Waals surface area contributed by atoms with Gasteiger partial charge >= 0.3 is 0 Å². The summed E-state index contributed by atoms with van der Waals surface area (Å²) in [5.41, 5.74) is 15.4. The number of anilines is 3. The van der Waals surface area contributed by atoms with Crippen molar-refractivity contribution in [1.29, 1.82) is 0 Å². The third-order valence-electron chi connectivity index (χ3n) is 9.21. The molecule has 0 bridgehead atoms. The van der Waals surface area contributed by atoms with E-state index in [4.69, 9.17) is 4.98 Å². The van der Waals surface area contributed by atoms with E-state index in [2.05, 4.69) is 151 Å². The molecular weight excluding hydrogens is 723 g/mol. The Morgan fingerprint density at radius 3 is 1.71 bits per heavy atom. The number of aromatic nitrogens is 1. The van der Waals surface area contributed by atoms with Gasteiger partial charge in [-0.3, -0.25) is 0 Å². The van der Waals surface area contributed by atoms with E-state index in [0.29, 0.717) is 23.7 Å². The summed E-state index contributed by atoms with van der Waals surface area (Å²) in [5.74, 6) is 1.56. The van der Waals surface area contributed by atoms with Gasteiger partial charge in [0.05, 0.1) is 5.69 Å². The van der Waals surface area contributed by atoms with Gasteiger partial charge in [0.1, 0.15) is 0 Å². The number of hydrogen-bond donors (Lipinski definition) is 0. The van der Waals surface area contributed by atoms with E-state index >= 15 is 0 Å². The second kappa shape index (κ2) is 13.5. The molecule has 0 spiro atoms. The molecule has 1 aromatic heterocycles. The summed E-state index contributed by atoms with van der Waals surface area (Å²) in [4.78, 5) is 7.30. The zero-order valence-electron chi connectivity index (χ0n) is 27.9. The van der Waals surface area contributed by atoms with Crippen molar-refractivity contribution in [2.45, 2.75) is 79.1 Å². The monoisotopic (exact) mass is 768 g/mol. The molecule has 1 aliphatic rings. The van der Waals surface area contributed by atoms with Crippen molar-refractivity contribution in [2.75, 3.05) is 4.90 Å². The van der Waals surface area contributed by atoms with Crippen molar-refractivity contribution < 1.29 is 20.1 Å². The Hall–Kier alpha value is -3.46. The van der Waals surface area contributed by atoms with Crippen molar-refractivity contribution >= 4 is 40.2 Å². The molecule has 2 nitrogen and oxygen atoms in total. The van der Waals surface area contributed by atoms with Gasteiger partial charge in [-0.05, 0) is 58.3 Å². The largest absolute Gasteiger partial charge is 0.328 e. The number of hydrogen-bond acceptors (Lipinski definition) is 2. The molecule has 2 heterocycles. The third-order valence-corrected chi connectivity index (χ3v) is 9.21. The van der Waals surface area contributed by atoms with Crippen LogP contribution in [-0.2, 0) is 20.1 Å². The molecule has 4 heteroatoms. The van der Waals surface area contributed by atoms with E-state index in [1.807, 2.05) is 12.3 Å². The first-order valence-corrected chi connectivity index (χ1v) is 16.3. The third kappa shape index (κ3) is 5.96. The molecule has 0 fully saturated rings. The normalized spacial score (nSPS) is 12.5. The second-order valence-electron chi connectivity index (χ2n) is 13.5.